The molecule has 0 aromatic heterocycles. The van der Waals surface area contributed by atoms with E-state index < -0.39 is 0 Å². The van der Waals surface area contributed by atoms with Crippen LogP contribution in [0.15, 0.2) is 72.8 Å². The van der Waals surface area contributed by atoms with Gasteiger partial charge in [0.1, 0.15) is 5.75 Å². The van der Waals surface area contributed by atoms with Crippen molar-refractivity contribution in [1.29, 1.82) is 0 Å². The zero-order valence-corrected chi connectivity index (χ0v) is 16.0. The molecule has 0 unspecified atom stereocenters. The number of rotatable bonds is 6. The summed E-state index contributed by atoms with van der Waals surface area (Å²) in [5, 5.41) is 3.12. The fourth-order valence-corrected chi connectivity index (χ4v) is 3.05. The second-order valence-electron chi connectivity index (χ2n) is 6.80. The van der Waals surface area contributed by atoms with Gasteiger partial charge in [0.2, 0.25) is 0 Å². The maximum Gasteiger partial charge on any atom is 0.258 e. The topological polar surface area (TPSA) is 38.3 Å². The van der Waals surface area contributed by atoms with E-state index in [1.165, 1.54) is 5.56 Å². The highest BCUT2D eigenvalue weighted by molar-refractivity contribution is 5.78. The fourth-order valence-electron chi connectivity index (χ4n) is 3.05. The van der Waals surface area contributed by atoms with Crippen LogP contribution in [0.4, 0.5) is 0 Å². The van der Waals surface area contributed by atoms with Gasteiger partial charge in [-0.2, -0.15) is 0 Å². The van der Waals surface area contributed by atoms with Crippen molar-refractivity contribution >= 4 is 5.91 Å². The normalized spacial score (nSPS) is 11.7. The van der Waals surface area contributed by atoms with E-state index in [9.17, 15) is 4.79 Å². The maximum absolute atomic E-state index is 12.6. The smallest absolute Gasteiger partial charge is 0.258 e. The quantitative estimate of drug-likeness (QED) is 0.680. The highest BCUT2D eigenvalue weighted by atomic mass is 16.5. The second kappa shape index (κ2) is 8.54. The van der Waals surface area contributed by atoms with E-state index in [0.717, 1.165) is 22.3 Å². The minimum absolute atomic E-state index is 0.0162. The van der Waals surface area contributed by atoms with Crippen LogP contribution in [0.2, 0.25) is 0 Å². The highest BCUT2D eigenvalue weighted by Crippen LogP contribution is 2.25. The average Bonchev–Trinajstić information content (AvgIpc) is 2.68. The number of carbonyl (C=O) groups excluding carboxylic acids is 1. The summed E-state index contributed by atoms with van der Waals surface area (Å²) in [4.78, 5) is 12.6. The van der Waals surface area contributed by atoms with Crippen LogP contribution in [0.5, 0.6) is 5.75 Å². The average molecular weight is 359 g/mol. The predicted octanol–water partition coefficient (Wildman–Crippen LogP) is 4.90. The molecule has 3 heteroatoms. The van der Waals surface area contributed by atoms with E-state index in [0.29, 0.717) is 5.75 Å². The van der Waals surface area contributed by atoms with Crippen LogP contribution >= 0.6 is 0 Å². The lowest BCUT2D eigenvalue weighted by molar-refractivity contribution is -0.123. The molecule has 0 saturated carbocycles. The Morgan fingerprint density at radius 2 is 1.56 bits per heavy atom. The van der Waals surface area contributed by atoms with Crippen molar-refractivity contribution in [2.24, 2.45) is 0 Å². The minimum Gasteiger partial charge on any atom is -0.484 e. The first-order valence-corrected chi connectivity index (χ1v) is 9.14. The van der Waals surface area contributed by atoms with Gasteiger partial charge in [-0.05, 0) is 60.7 Å². The molecule has 3 aromatic carbocycles. The fraction of sp³-hybridized carbons (Fsp3) is 0.208. The van der Waals surface area contributed by atoms with Crippen molar-refractivity contribution in [1.82, 2.24) is 5.32 Å². The van der Waals surface area contributed by atoms with Gasteiger partial charge in [-0.15, -0.1) is 0 Å². The lowest BCUT2D eigenvalue weighted by Gasteiger charge is -2.22. The van der Waals surface area contributed by atoms with E-state index in [1.807, 2.05) is 67.6 Å². The van der Waals surface area contributed by atoms with Crippen molar-refractivity contribution < 1.29 is 9.53 Å². The summed E-state index contributed by atoms with van der Waals surface area (Å²) in [5.74, 6) is 0.561. The Balaban J connectivity index is 1.75. The van der Waals surface area contributed by atoms with Crippen LogP contribution in [0, 0.1) is 20.8 Å². The molecular weight excluding hydrogens is 334 g/mol. The van der Waals surface area contributed by atoms with E-state index >= 15 is 0 Å². The molecule has 0 fully saturated rings. The van der Waals surface area contributed by atoms with Crippen molar-refractivity contribution in [2.75, 3.05) is 6.61 Å². The summed E-state index contributed by atoms with van der Waals surface area (Å²) in [5.41, 5.74) is 5.63. The Hall–Kier alpha value is -3.07. The van der Waals surface area contributed by atoms with Gasteiger partial charge in [0, 0.05) is 0 Å². The number of ether oxygens (including phenoxy) is 1. The molecule has 0 radical (unpaired) electrons. The molecule has 0 heterocycles. The number of hydrogen-bond acceptors (Lipinski definition) is 2. The van der Waals surface area contributed by atoms with E-state index in [1.54, 1.807) is 0 Å². The Bertz CT molecular complexity index is 919. The molecule has 27 heavy (non-hydrogen) atoms. The Labute approximate surface area is 161 Å². The van der Waals surface area contributed by atoms with Gasteiger partial charge < -0.3 is 10.1 Å². The Morgan fingerprint density at radius 3 is 2.26 bits per heavy atom. The van der Waals surface area contributed by atoms with E-state index in [2.05, 4.69) is 31.3 Å². The monoisotopic (exact) mass is 359 g/mol. The number of hydrogen-bond donors (Lipinski definition) is 1. The lowest BCUT2D eigenvalue weighted by Crippen LogP contribution is -2.33. The third-order valence-corrected chi connectivity index (χ3v) is 4.79. The number of amides is 1. The van der Waals surface area contributed by atoms with Gasteiger partial charge in [0.15, 0.2) is 6.61 Å². The minimum atomic E-state index is -0.205. The molecule has 0 aliphatic carbocycles. The van der Waals surface area contributed by atoms with Crippen LogP contribution in [0.1, 0.15) is 33.9 Å². The molecule has 0 aliphatic heterocycles. The zero-order valence-electron chi connectivity index (χ0n) is 16.0. The van der Waals surface area contributed by atoms with Crippen molar-refractivity contribution in [3.05, 3.63) is 101 Å². The maximum atomic E-state index is 12.6. The molecule has 3 rings (SSSR count). The molecule has 1 atom stereocenters. The SMILES string of the molecule is Cc1ccc(OCC(=O)N[C@@H](c2ccccc2)c2ccccc2C)cc1C. The van der Waals surface area contributed by atoms with Crippen molar-refractivity contribution in [3.8, 4) is 5.75 Å². The van der Waals surface area contributed by atoms with E-state index in [4.69, 9.17) is 4.74 Å². The molecule has 0 aliphatic rings. The molecule has 1 amide bonds. The molecule has 0 bridgehead atoms. The summed E-state index contributed by atoms with van der Waals surface area (Å²) < 4.78 is 5.69. The first-order valence-electron chi connectivity index (χ1n) is 9.14. The summed E-state index contributed by atoms with van der Waals surface area (Å²) >= 11 is 0. The summed E-state index contributed by atoms with van der Waals surface area (Å²) in [6.45, 7) is 6.13. The van der Waals surface area contributed by atoms with Gasteiger partial charge in [-0.25, -0.2) is 0 Å². The van der Waals surface area contributed by atoms with Crippen LogP contribution in [-0.2, 0) is 4.79 Å². The molecule has 138 valence electrons. The molecule has 3 nitrogen and oxygen atoms in total. The van der Waals surface area contributed by atoms with Crippen LogP contribution < -0.4 is 10.1 Å². The van der Waals surface area contributed by atoms with Gasteiger partial charge in [0.05, 0.1) is 6.04 Å². The number of aryl methyl sites for hydroxylation is 3. The lowest BCUT2D eigenvalue weighted by atomic mass is 9.95. The molecule has 3 aromatic rings. The van der Waals surface area contributed by atoms with Gasteiger partial charge in [-0.1, -0.05) is 60.7 Å². The Kier molecular flexibility index (Phi) is 5.92. The highest BCUT2D eigenvalue weighted by Gasteiger charge is 2.18. The van der Waals surface area contributed by atoms with Crippen molar-refractivity contribution in [2.45, 2.75) is 26.8 Å². The van der Waals surface area contributed by atoms with Crippen LogP contribution in [0.25, 0.3) is 0 Å². The number of nitrogens with one attached hydrogen (secondary N) is 1. The molecule has 0 spiro atoms. The summed E-state index contributed by atoms with van der Waals surface area (Å²) in [6, 6.07) is 23.8. The zero-order chi connectivity index (χ0) is 19.2. The van der Waals surface area contributed by atoms with Gasteiger partial charge in [-0.3, -0.25) is 4.79 Å². The van der Waals surface area contributed by atoms with E-state index in [-0.39, 0.29) is 18.6 Å². The van der Waals surface area contributed by atoms with Crippen LogP contribution in [0.3, 0.4) is 0 Å². The standard InChI is InChI=1S/C24H25NO2/c1-17-13-14-21(15-19(17)3)27-16-23(26)25-24(20-10-5-4-6-11-20)22-12-8-7-9-18(22)2/h4-15,24H,16H2,1-3H3,(H,25,26)/t24-/m0/s1. The van der Waals surface area contributed by atoms with Gasteiger partial charge in [0.25, 0.3) is 5.91 Å². The summed E-state index contributed by atoms with van der Waals surface area (Å²) in [7, 11) is 0. The largest absolute Gasteiger partial charge is 0.484 e. The number of carbonyl (C=O) groups is 1. The molecule has 0 saturated heterocycles. The van der Waals surface area contributed by atoms with Crippen LogP contribution in [-0.4, -0.2) is 12.5 Å². The Morgan fingerprint density at radius 1 is 0.852 bits per heavy atom. The molecule has 1 N–H and O–H groups in total. The molecular formula is C24H25NO2. The first-order chi connectivity index (χ1) is 13.0. The third-order valence-electron chi connectivity index (χ3n) is 4.79. The first kappa shape index (κ1) is 18.7. The predicted molar refractivity (Wildman–Crippen MR) is 109 cm³/mol. The van der Waals surface area contributed by atoms with Crippen molar-refractivity contribution in [3.63, 3.8) is 0 Å². The summed E-state index contributed by atoms with van der Waals surface area (Å²) in [6.07, 6.45) is 0. The van der Waals surface area contributed by atoms with Gasteiger partial charge >= 0.3 is 0 Å². The third kappa shape index (κ3) is 4.76. The number of benzene rings is 3. The second-order valence-corrected chi connectivity index (χ2v) is 6.80.